The summed E-state index contributed by atoms with van der Waals surface area (Å²) in [7, 11) is 1.83. The molecule has 1 amide bonds. The van der Waals surface area contributed by atoms with E-state index in [-0.39, 0.29) is 18.0 Å². The molecule has 0 heterocycles. The Kier molecular flexibility index (Phi) is 5.71. The maximum atomic E-state index is 12.2. The summed E-state index contributed by atoms with van der Waals surface area (Å²) in [6.07, 6.45) is 0. The van der Waals surface area contributed by atoms with Crippen LogP contribution in [0.1, 0.15) is 27.0 Å². The van der Waals surface area contributed by atoms with Crippen LogP contribution in [0.15, 0.2) is 42.5 Å². The SMILES string of the molecule is Cc1cccc(NC(=O)CN(C)Cc2cccc(C(=O)O)c2)c1C. The van der Waals surface area contributed by atoms with E-state index in [9.17, 15) is 9.59 Å². The van der Waals surface area contributed by atoms with E-state index in [1.165, 1.54) is 0 Å². The molecule has 0 saturated heterocycles. The van der Waals surface area contributed by atoms with Crippen LogP contribution < -0.4 is 5.32 Å². The second-order valence-corrected chi connectivity index (χ2v) is 5.97. The third-order valence-corrected chi connectivity index (χ3v) is 3.92. The summed E-state index contributed by atoms with van der Waals surface area (Å²) in [5, 5.41) is 11.9. The van der Waals surface area contributed by atoms with E-state index >= 15 is 0 Å². The van der Waals surface area contributed by atoms with E-state index in [1.54, 1.807) is 18.2 Å². The molecule has 0 bridgehead atoms. The zero-order chi connectivity index (χ0) is 17.7. The number of nitrogens with zero attached hydrogens (tertiary/aromatic N) is 1. The highest BCUT2D eigenvalue weighted by atomic mass is 16.4. The van der Waals surface area contributed by atoms with E-state index in [0.717, 1.165) is 22.4 Å². The lowest BCUT2D eigenvalue weighted by Gasteiger charge is -2.17. The van der Waals surface area contributed by atoms with Gasteiger partial charge in [-0.15, -0.1) is 0 Å². The van der Waals surface area contributed by atoms with Gasteiger partial charge in [-0.1, -0.05) is 24.3 Å². The zero-order valence-corrected chi connectivity index (χ0v) is 14.2. The Morgan fingerprint density at radius 2 is 1.83 bits per heavy atom. The molecule has 0 aliphatic rings. The molecule has 0 unspecified atom stereocenters. The number of hydrogen-bond donors (Lipinski definition) is 2. The van der Waals surface area contributed by atoms with Crippen molar-refractivity contribution in [2.24, 2.45) is 0 Å². The Bertz CT molecular complexity index is 756. The molecule has 0 atom stereocenters. The average molecular weight is 326 g/mol. The molecule has 2 aromatic rings. The molecule has 2 aromatic carbocycles. The lowest BCUT2D eigenvalue weighted by Crippen LogP contribution is -2.30. The Hall–Kier alpha value is -2.66. The lowest BCUT2D eigenvalue weighted by atomic mass is 10.1. The molecule has 5 heteroatoms. The lowest BCUT2D eigenvalue weighted by molar-refractivity contribution is -0.117. The number of amides is 1. The molecule has 0 aliphatic heterocycles. The smallest absolute Gasteiger partial charge is 0.335 e. The fourth-order valence-electron chi connectivity index (χ4n) is 2.49. The van der Waals surface area contributed by atoms with Gasteiger partial charge in [-0.2, -0.15) is 0 Å². The van der Waals surface area contributed by atoms with Crippen LogP contribution >= 0.6 is 0 Å². The van der Waals surface area contributed by atoms with Crippen LogP contribution in [0.5, 0.6) is 0 Å². The molecule has 0 spiro atoms. The van der Waals surface area contributed by atoms with Crippen molar-refractivity contribution in [1.29, 1.82) is 0 Å². The van der Waals surface area contributed by atoms with Gasteiger partial charge in [0.2, 0.25) is 5.91 Å². The predicted molar refractivity (Wildman–Crippen MR) is 94.3 cm³/mol. The number of aromatic carboxylic acids is 1. The quantitative estimate of drug-likeness (QED) is 0.856. The van der Waals surface area contributed by atoms with Crippen molar-refractivity contribution < 1.29 is 14.7 Å². The molecule has 0 aromatic heterocycles. The first-order chi connectivity index (χ1) is 11.4. The summed E-state index contributed by atoms with van der Waals surface area (Å²) < 4.78 is 0. The molecule has 0 radical (unpaired) electrons. The normalized spacial score (nSPS) is 10.7. The number of carboxylic acid groups (broad SMARTS) is 1. The summed E-state index contributed by atoms with van der Waals surface area (Å²) in [5.74, 6) is -1.05. The first-order valence-corrected chi connectivity index (χ1v) is 7.73. The number of hydrogen-bond acceptors (Lipinski definition) is 3. The number of carbonyl (C=O) groups is 2. The van der Waals surface area contributed by atoms with Gasteiger partial charge in [0.25, 0.3) is 0 Å². The zero-order valence-electron chi connectivity index (χ0n) is 14.2. The van der Waals surface area contributed by atoms with Gasteiger partial charge in [-0.3, -0.25) is 9.69 Å². The fraction of sp³-hybridized carbons (Fsp3) is 0.263. The van der Waals surface area contributed by atoms with Crippen molar-refractivity contribution in [1.82, 2.24) is 4.90 Å². The van der Waals surface area contributed by atoms with Gasteiger partial charge in [0, 0.05) is 12.2 Å². The molecule has 2 rings (SSSR count). The van der Waals surface area contributed by atoms with E-state index in [2.05, 4.69) is 5.32 Å². The monoisotopic (exact) mass is 326 g/mol. The highest BCUT2D eigenvalue weighted by Crippen LogP contribution is 2.18. The number of nitrogens with one attached hydrogen (secondary N) is 1. The van der Waals surface area contributed by atoms with Crippen molar-refractivity contribution in [2.45, 2.75) is 20.4 Å². The highest BCUT2D eigenvalue weighted by molar-refractivity contribution is 5.93. The van der Waals surface area contributed by atoms with Gasteiger partial charge in [0.05, 0.1) is 12.1 Å². The largest absolute Gasteiger partial charge is 0.478 e. The molecule has 24 heavy (non-hydrogen) atoms. The van der Waals surface area contributed by atoms with E-state index < -0.39 is 5.97 Å². The summed E-state index contributed by atoms with van der Waals surface area (Å²) >= 11 is 0. The minimum absolute atomic E-state index is 0.0967. The third kappa shape index (κ3) is 4.67. The number of carbonyl (C=O) groups excluding carboxylic acids is 1. The van der Waals surface area contributed by atoms with Gasteiger partial charge < -0.3 is 10.4 Å². The van der Waals surface area contributed by atoms with Crippen LogP contribution in [0.25, 0.3) is 0 Å². The van der Waals surface area contributed by atoms with Gasteiger partial charge in [-0.25, -0.2) is 4.79 Å². The summed E-state index contributed by atoms with van der Waals surface area (Å²) in [5.41, 5.74) is 4.12. The molecule has 0 fully saturated rings. The Morgan fingerprint density at radius 3 is 2.54 bits per heavy atom. The number of carboxylic acids is 1. The average Bonchev–Trinajstić information content (AvgIpc) is 2.51. The first-order valence-electron chi connectivity index (χ1n) is 7.73. The van der Waals surface area contributed by atoms with Crippen LogP contribution in [0.2, 0.25) is 0 Å². The molecule has 2 N–H and O–H groups in total. The summed E-state index contributed by atoms with van der Waals surface area (Å²) in [4.78, 5) is 25.1. The summed E-state index contributed by atoms with van der Waals surface area (Å²) in [6.45, 7) is 4.71. The number of likely N-dealkylation sites (N-methyl/N-ethyl adjacent to an activating group) is 1. The van der Waals surface area contributed by atoms with Gasteiger partial charge in [0.15, 0.2) is 0 Å². The first kappa shape index (κ1) is 17.7. The van der Waals surface area contributed by atoms with Crippen molar-refractivity contribution in [3.05, 3.63) is 64.7 Å². The predicted octanol–water partition coefficient (Wildman–Crippen LogP) is 3.07. The second kappa shape index (κ2) is 7.75. The van der Waals surface area contributed by atoms with Crippen LogP contribution in [0.3, 0.4) is 0 Å². The standard InChI is InChI=1S/C19H22N2O3/c1-13-6-4-9-17(14(13)2)20-18(22)12-21(3)11-15-7-5-8-16(10-15)19(23)24/h4-10H,11-12H2,1-3H3,(H,20,22)(H,23,24). The van der Waals surface area contributed by atoms with E-state index in [1.807, 2.05) is 50.1 Å². The van der Waals surface area contributed by atoms with Gasteiger partial charge in [0.1, 0.15) is 0 Å². The van der Waals surface area contributed by atoms with Crippen molar-refractivity contribution in [2.75, 3.05) is 18.9 Å². The molecular weight excluding hydrogens is 304 g/mol. The number of aryl methyl sites for hydroxylation is 1. The minimum atomic E-state index is -0.952. The van der Waals surface area contributed by atoms with Crippen molar-refractivity contribution in [3.8, 4) is 0 Å². The van der Waals surface area contributed by atoms with Crippen molar-refractivity contribution in [3.63, 3.8) is 0 Å². The van der Waals surface area contributed by atoms with Crippen LogP contribution in [0.4, 0.5) is 5.69 Å². The van der Waals surface area contributed by atoms with Crippen LogP contribution in [-0.2, 0) is 11.3 Å². The molecular formula is C19H22N2O3. The minimum Gasteiger partial charge on any atom is -0.478 e. The number of benzene rings is 2. The maximum Gasteiger partial charge on any atom is 0.335 e. The molecule has 0 saturated carbocycles. The molecule has 0 aliphatic carbocycles. The second-order valence-electron chi connectivity index (χ2n) is 5.97. The van der Waals surface area contributed by atoms with E-state index in [0.29, 0.717) is 6.54 Å². The number of rotatable bonds is 6. The highest BCUT2D eigenvalue weighted by Gasteiger charge is 2.10. The van der Waals surface area contributed by atoms with Gasteiger partial charge in [-0.05, 0) is 55.8 Å². The Morgan fingerprint density at radius 1 is 1.12 bits per heavy atom. The maximum absolute atomic E-state index is 12.2. The summed E-state index contributed by atoms with van der Waals surface area (Å²) in [6, 6.07) is 12.6. The van der Waals surface area contributed by atoms with Crippen LogP contribution in [-0.4, -0.2) is 35.5 Å². The van der Waals surface area contributed by atoms with Crippen molar-refractivity contribution >= 4 is 17.6 Å². The van der Waals surface area contributed by atoms with Gasteiger partial charge >= 0.3 is 5.97 Å². The topological polar surface area (TPSA) is 69.6 Å². The van der Waals surface area contributed by atoms with E-state index in [4.69, 9.17) is 5.11 Å². The fourth-order valence-corrected chi connectivity index (χ4v) is 2.49. The Labute approximate surface area is 141 Å². The molecule has 126 valence electrons. The number of anilines is 1. The molecule has 5 nitrogen and oxygen atoms in total. The Balaban J connectivity index is 1.95. The van der Waals surface area contributed by atoms with Crippen LogP contribution in [0, 0.1) is 13.8 Å². The third-order valence-electron chi connectivity index (χ3n) is 3.92.